The van der Waals surface area contributed by atoms with Gasteiger partial charge in [0.05, 0.1) is 11.8 Å². The average molecular weight is 395 g/mol. The molecule has 0 radical (unpaired) electrons. The van der Waals surface area contributed by atoms with Crippen LogP contribution in [0.1, 0.15) is 70.1 Å². The first kappa shape index (κ1) is 19.3. The normalized spacial score (nSPS) is 43.0. The highest BCUT2D eigenvalue weighted by atomic mass is 16.3. The van der Waals surface area contributed by atoms with E-state index in [4.69, 9.17) is 0 Å². The van der Waals surface area contributed by atoms with Crippen LogP contribution >= 0.6 is 0 Å². The number of allylic oxidation sites excluding steroid dienone is 2. The largest absolute Gasteiger partial charge is 0.393 e. The molecule has 0 spiro atoms. The van der Waals surface area contributed by atoms with E-state index in [2.05, 4.69) is 31.1 Å². The lowest BCUT2D eigenvalue weighted by Crippen LogP contribution is -2.50. The molecule has 4 heteroatoms. The number of nitrogens with zero attached hydrogens (tertiary/aromatic N) is 2. The fourth-order valence-electron chi connectivity index (χ4n) is 7.39. The zero-order valence-electron chi connectivity index (χ0n) is 18.2. The summed E-state index contributed by atoms with van der Waals surface area (Å²) in [5.41, 5.74) is 4.58. The van der Waals surface area contributed by atoms with Gasteiger partial charge in [0.1, 0.15) is 0 Å². The van der Waals surface area contributed by atoms with Gasteiger partial charge in [0.15, 0.2) is 5.78 Å². The van der Waals surface area contributed by atoms with E-state index in [0.717, 1.165) is 61.8 Å². The summed E-state index contributed by atoms with van der Waals surface area (Å²) in [4.78, 5) is 13.5. The summed E-state index contributed by atoms with van der Waals surface area (Å²) >= 11 is 0. The summed E-state index contributed by atoms with van der Waals surface area (Å²) in [5, 5.41) is 14.6. The van der Waals surface area contributed by atoms with Crippen molar-refractivity contribution in [1.29, 1.82) is 0 Å². The monoisotopic (exact) mass is 394 g/mol. The summed E-state index contributed by atoms with van der Waals surface area (Å²) in [6.07, 6.45) is 13.4. The van der Waals surface area contributed by atoms with Gasteiger partial charge in [-0.3, -0.25) is 9.48 Å². The molecule has 4 nitrogen and oxygen atoms in total. The summed E-state index contributed by atoms with van der Waals surface area (Å²) in [6, 6.07) is 0. The van der Waals surface area contributed by atoms with Gasteiger partial charge in [0.2, 0.25) is 0 Å². The van der Waals surface area contributed by atoms with E-state index in [1.165, 1.54) is 5.57 Å². The van der Waals surface area contributed by atoms with Crippen molar-refractivity contribution in [2.45, 2.75) is 71.8 Å². The number of Topliss-reactive ketones (excluding diaryl/α,β-unsaturated/α-hetero) is 1. The van der Waals surface area contributed by atoms with Crippen LogP contribution in [0.3, 0.4) is 0 Å². The van der Waals surface area contributed by atoms with E-state index in [1.807, 2.05) is 24.9 Å². The SMILES string of the molecule is Cc1nn(C)cc1/C=C1\C[C@@H]2[C@H]3CC=C4C[C@@H](O)CC[C@]4(C)[C@@H]3CC[C@@]2(C)C1=O. The van der Waals surface area contributed by atoms with E-state index >= 15 is 0 Å². The van der Waals surface area contributed by atoms with E-state index in [9.17, 15) is 9.90 Å². The second kappa shape index (κ2) is 6.41. The van der Waals surface area contributed by atoms with Gasteiger partial charge >= 0.3 is 0 Å². The number of rotatable bonds is 1. The van der Waals surface area contributed by atoms with E-state index < -0.39 is 0 Å². The Labute approximate surface area is 174 Å². The highest BCUT2D eigenvalue weighted by Crippen LogP contribution is 2.64. The molecule has 4 aliphatic carbocycles. The number of carbonyl (C=O) groups excluding carboxylic acids is 1. The third-order valence-electron chi connectivity index (χ3n) is 9.10. The standard InChI is InChI=1S/C25H34N2O2/c1-15-17(14-27(4)26-15)11-16-12-22-20-6-5-18-13-19(28)7-9-24(18,2)21(20)8-10-25(22,3)23(16)29/h5,11,14,19-22,28H,6-10,12-13H2,1-4H3/b16-11+/t19-,20-,21+,22+,24-,25+/m0/s1. The minimum atomic E-state index is -0.209. The number of ketones is 1. The number of aromatic nitrogens is 2. The van der Waals surface area contributed by atoms with Gasteiger partial charge in [-0.2, -0.15) is 5.10 Å². The zero-order valence-corrected chi connectivity index (χ0v) is 18.2. The number of hydrogen-bond donors (Lipinski definition) is 1. The molecule has 1 aromatic rings. The van der Waals surface area contributed by atoms with Crippen molar-refractivity contribution in [3.05, 3.63) is 34.7 Å². The average Bonchev–Trinajstić information content (AvgIpc) is 3.12. The predicted molar refractivity (Wildman–Crippen MR) is 114 cm³/mol. The van der Waals surface area contributed by atoms with Gasteiger partial charge in [-0.05, 0) is 86.7 Å². The molecular formula is C25H34N2O2. The molecule has 6 atom stereocenters. The van der Waals surface area contributed by atoms with Crippen molar-refractivity contribution in [2.24, 2.45) is 35.6 Å². The van der Waals surface area contributed by atoms with Crippen LogP contribution in [-0.4, -0.2) is 26.8 Å². The summed E-state index contributed by atoms with van der Waals surface area (Å²) in [7, 11) is 1.94. The molecule has 0 bridgehead atoms. The zero-order chi connectivity index (χ0) is 20.6. The first-order chi connectivity index (χ1) is 13.7. The van der Waals surface area contributed by atoms with Gasteiger partial charge in [-0.1, -0.05) is 25.5 Å². The Hall–Kier alpha value is -1.68. The molecule has 0 aliphatic heterocycles. The molecule has 156 valence electrons. The van der Waals surface area contributed by atoms with Crippen LogP contribution in [-0.2, 0) is 11.8 Å². The van der Waals surface area contributed by atoms with Gasteiger partial charge in [0.25, 0.3) is 0 Å². The topological polar surface area (TPSA) is 55.1 Å². The number of fused-ring (bicyclic) bond motifs is 5. The molecule has 1 heterocycles. The number of aliphatic hydroxyl groups excluding tert-OH is 1. The third-order valence-corrected chi connectivity index (χ3v) is 9.10. The predicted octanol–water partition coefficient (Wildman–Crippen LogP) is 4.61. The molecule has 0 aromatic carbocycles. The van der Waals surface area contributed by atoms with Crippen molar-refractivity contribution in [3.8, 4) is 0 Å². The Bertz CT molecular complexity index is 925. The lowest BCUT2D eigenvalue weighted by Gasteiger charge is -2.56. The first-order valence-electron chi connectivity index (χ1n) is 11.4. The fraction of sp³-hybridized carbons (Fsp3) is 0.680. The second-order valence-corrected chi connectivity index (χ2v) is 10.7. The van der Waals surface area contributed by atoms with Crippen molar-refractivity contribution in [1.82, 2.24) is 9.78 Å². The van der Waals surface area contributed by atoms with Gasteiger partial charge in [0, 0.05) is 24.2 Å². The third kappa shape index (κ3) is 2.74. The molecule has 0 saturated heterocycles. The molecule has 29 heavy (non-hydrogen) atoms. The van der Waals surface area contributed by atoms with Crippen LogP contribution in [0.15, 0.2) is 23.4 Å². The molecule has 1 N–H and O–H groups in total. The summed E-state index contributed by atoms with van der Waals surface area (Å²) in [5.74, 6) is 2.06. The van der Waals surface area contributed by atoms with Crippen LogP contribution in [0.25, 0.3) is 6.08 Å². The number of carbonyl (C=O) groups is 1. The van der Waals surface area contributed by atoms with E-state index in [1.54, 1.807) is 0 Å². The first-order valence-corrected chi connectivity index (χ1v) is 11.4. The molecule has 3 fully saturated rings. The highest BCUT2D eigenvalue weighted by molar-refractivity contribution is 6.06. The Morgan fingerprint density at radius 2 is 1.93 bits per heavy atom. The Morgan fingerprint density at radius 1 is 1.17 bits per heavy atom. The molecule has 0 unspecified atom stereocenters. The van der Waals surface area contributed by atoms with Gasteiger partial charge in [-0.25, -0.2) is 0 Å². The van der Waals surface area contributed by atoms with Gasteiger partial charge < -0.3 is 5.11 Å². The van der Waals surface area contributed by atoms with Crippen LogP contribution in [0.2, 0.25) is 0 Å². The summed E-state index contributed by atoms with van der Waals surface area (Å²) < 4.78 is 1.83. The number of hydrogen-bond acceptors (Lipinski definition) is 3. The van der Waals surface area contributed by atoms with E-state index in [0.29, 0.717) is 23.5 Å². The van der Waals surface area contributed by atoms with Crippen LogP contribution < -0.4 is 0 Å². The Balaban J connectivity index is 1.49. The molecule has 3 saturated carbocycles. The maximum atomic E-state index is 13.5. The van der Waals surface area contributed by atoms with Crippen LogP contribution in [0.5, 0.6) is 0 Å². The molecule has 4 aliphatic rings. The molecule has 5 rings (SSSR count). The Kier molecular flexibility index (Phi) is 4.26. The lowest BCUT2D eigenvalue weighted by atomic mass is 9.48. The Morgan fingerprint density at radius 3 is 2.66 bits per heavy atom. The maximum absolute atomic E-state index is 13.5. The smallest absolute Gasteiger partial charge is 0.165 e. The lowest BCUT2D eigenvalue weighted by molar-refractivity contribution is -0.130. The van der Waals surface area contributed by atoms with Crippen molar-refractivity contribution in [3.63, 3.8) is 0 Å². The highest BCUT2D eigenvalue weighted by Gasteiger charge is 2.59. The fourth-order valence-corrected chi connectivity index (χ4v) is 7.39. The van der Waals surface area contributed by atoms with E-state index in [-0.39, 0.29) is 16.9 Å². The summed E-state index contributed by atoms with van der Waals surface area (Å²) in [6.45, 7) is 6.69. The van der Waals surface area contributed by atoms with Crippen molar-refractivity contribution < 1.29 is 9.90 Å². The molecular weight excluding hydrogens is 360 g/mol. The van der Waals surface area contributed by atoms with Crippen LogP contribution in [0, 0.1) is 35.5 Å². The van der Waals surface area contributed by atoms with Crippen LogP contribution in [0.4, 0.5) is 0 Å². The molecule has 1 aromatic heterocycles. The maximum Gasteiger partial charge on any atom is 0.165 e. The number of aliphatic hydroxyl groups is 1. The van der Waals surface area contributed by atoms with Crippen molar-refractivity contribution in [2.75, 3.05) is 0 Å². The quantitative estimate of drug-likeness (QED) is 0.559. The number of aryl methyl sites for hydroxylation is 2. The minimum absolute atomic E-state index is 0.162. The van der Waals surface area contributed by atoms with Crippen molar-refractivity contribution >= 4 is 11.9 Å². The molecule has 0 amide bonds. The minimum Gasteiger partial charge on any atom is -0.393 e. The second-order valence-electron chi connectivity index (χ2n) is 10.7. The van der Waals surface area contributed by atoms with Gasteiger partial charge in [-0.15, -0.1) is 0 Å².